The minimum absolute atomic E-state index is 0.0222. The molecule has 0 aliphatic carbocycles. The molecule has 0 radical (unpaired) electrons. The van der Waals surface area contributed by atoms with Gasteiger partial charge >= 0.3 is 0 Å². The van der Waals surface area contributed by atoms with Gasteiger partial charge in [0.2, 0.25) is 15.9 Å². The number of primary sulfonamides is 1. The lowest BCUT2D eigenvalue weighted by Crippen LogP contribution is -2.19. The van der Waals surface area contributed by atoms with Crippen LogP contribution in [-0.2, 0) is 21.4 Å². The molecule has 0 saturated heterocycles. The van der Waals surface area contributed by atoms with E-state index in [4.69, 9.17) is 5.14 Å². The maximum absolute atomic E-state index is 11.6. The number of sulfonamides is 1. The van der Waals surface area contributed by atoms with Gasteiger partial charge in [0, 0.05) is 5.69 Å². The van der Waals surface area contributed by atoms with Crippen molar-refractivity contribution in [1.29, 1.82) is 0 Å². The fraction of sp³-hybridized carbons (Fsp3) is 0.111. The van der Waals surface area contributed by atoms with Gasteiger partial charge in [0.1, 0.15) is 12.9 Å². The largest absolute Gasteiger partial charge is 0.324 e. The number of carbonyl (C=O) groups excluding carboxylic acids is 1. The van der Waals surface area contributed by atoms with Crippen molar-refractivity contribution in [3.8, 4) is 0 Å². The van der Waals surface area contributed by atoms with Gasteiger partial charge < -0.3 is 5.32 Å². The zero-order valence-corrected chi connectivity index (χ0v) is 10.4. The number of benzene rings is 1. The van der Waals surface area contributed by atoms with Crippen LogP contribution in [0.3, 0.4) is 0 Å². The molecule has 19 heavy (non-hydrogen) atoms. The van der Waals surface area contributed by atoms with Crippen LogP contribution in [0.15, 0.2) is 35.5 Å². The standard InChI is InChI=1S/C9H10N6O3S/c10-19(17,18)8-3-1-7(2-4-8)12-9(16)5-15-6-11-13-14-15/h1-4,6H,5H2,(H,12,16)(H2,10,17,18). The summed E-state index contributed by atoms with van der Waals surface area (Å²) in [7, 11) is -3.73. The third kappa shape index (κ3) is 3.56. The van der Waals surface area contributed by atoms with E-state index in [1.807, 2.05) is 0 Å². The first-order chi connectivity index (χ1) is 8.95. The molecule has 0 bridgehead atoms. The Morgan fingerprint density at radius 2 is 2.00 bits per heavy atom. The number of hydrogen-bond donors (Lipinski definition) is 2. The number of amides is 1. The summed E-state index contributed by atoms with van der Waals surface area (Å²) in [4.78, 5) is 11.6. The summed E-state index contributed by atoms with van der Waals surface area (Å²) >= 11 is 0. The molecular formula is C9H10N6O3S. The second-order valence-electron chi connectivity index (χ2n) is 3.62. The van der Waals surface area contributed by atoms with Crippen LogP contribution < -0.4 is 10.5 Å². The number of aromatic nitrogens is 4. The highest BCUT2D eigenvalue weighted by Crippen LogP contribution is 2.12. The van der Waals surface area contributed by atoms with E-state index in [9.17, 15) is 13.2 Å². The molecule has 9 nitrogen and oxygen atoms in total. The van der Waals surface area contributed by atoms with E-state index in [-0.39, 0.29) is 17.3 Å². The van der Waals surface area contributed by atoms with Gasteiger partial charge in [-0.05, 0) is 34.7 Å². The summed E-state index contributed by atoms with van der Waals surface area (Å²) in [5, 5.41) is 17.9. The van der Waals surface area contributed by atoms with E-state index in [0.717, 1.165) is 0 Å². The van der Waals surface area contributed by atoms with Gasteiger partial charge in [-0.2, -0.15) is 0 Å². The molecule has 1 heterocycles. The van der Waals surface area contributed by atoms with Gasteiger partial charge in [-0.15, -0.1) is 5.10 Å². The maximum atomic E-state index is 11.6. The summed E-state index contributed by atoms with van der Waals surface area (Å²) in [6, 6.07) is 5.50. The van der Waals surface area contributed by atoms with Crippen LogP contribution in [0.2, 0.25) is 0 Å². The zero-order valence-electron chi connectivity index (χ0n) is 9.59. The van der Waals surface area contributed by atoms with E-state index in [2.05, 4.69) is 20.8 Å². The predicted octanol–water partition coefficient (Wildman–Crippen LogP) is -1.04. The Kier molecular flexibility index (Phi) is 3.53. The van der Waals surface area contributed by atoms with E-state index in [1.54, 1.807) is 0 Å². The first-order valence-corrected chi connectivity index (χ1v) is 6.63. The Morgan fingerprint density at radius 3 is 2.53 bits per heavy atom. The van der Waals surface area contributed by atoms with Gasteiger partial charge in [-0.1, -0.05) is 0 Å². The number of carbonyl (C=O) groups is 1. The van der Waals surface area contributed by atoms with Crippen molar-refractivity contribution in [1.82, 2.24) is 20.2 Å². The first-order valence-electron chi connectivity index (χ1n) is 5.08. The summed E-state index contributed by atoms with van der Waals surface area (Å²) in [5.74, 6) is -0.337. The van der Waals surface area contributed by atoms with Gasteiger partial charge in [-0.3, -0.25) is 4.79 Å². The topological polar surface area (TPSA) is 133 Å². The van der Waals surface area contributed by atoms with E-state index < -0.39 is 10.0 Å². The Labute approximate surface area is 108 Å². The number of hydrogen-bond acceptors (Lipinski definition) is 6. The number of nitrogens with one attached hydrogen (secondary N) is 1. The normalized spacial score (nSPS) is 11.2. The average Bonchev–Trinajstić information content (AvgIpc) is 2.81. The molecule has 1 aromatic carbocycles. The highest BCUT2D eigenvalue weighted by atomic mass is 32.2. The van der Waals surface area contributed by atoms with Crippen molar-refractivity contribution in [3.05, 3.63) is 30.6 Å². The zero-order chi connectivity index (χ0) is 13.9. The van der Waals surface area contributed by atoms with Crippen LogP contribution in [-0.4, -0.2) is 34.5 Å². The highest BCUT2D eigenvalue weighted by molar-refractivity contribution is 7.89. The highest BCUT2D eigenvalue weighted by Gasteiger charge is 2.08. The van der Waals surface area contributed by atoms with Crippen molar-refractivity contribution in [2.24, 2.45) is 5.14 Å². The Morgan fingerprint density at radius 1 is 1.32 bits per heavy atom. The number of tetrazole rings is 1. The fourth-order valence-corrected chi connectivity index (χ4v) is 1.84. The number of nitrogens with zero attached hydrogens (tertiary/aromatic N) is 4. The fourth-order valence-electron chi connectivity index (χ4n) is 1.33. The Hall–Kier alpha value is -2.33. The molecule has 1 aromatic heterocycles. The van der Waals surface area contributed by atoms with Gasteiger partial charge in [0.25, 0.3) is 0 Å². The number of anilines is 1. The smallest absolute Gasteiger partial charge is 0.246 e. The van der Waals surface area contributed by atoms with Crippen LogP contribution in [0, 0.1) is 0 Å². The molecule has 0 fully saturated rings. The summed E-state index contributed by atoms with van der Waals surface area (Å²) in [6.07, 6.45) is 1.31. The third-order valence-electron chi connectivity index (χ3n) is 2.16. The quantitative estimate of drug-likeness (QED) is 0.735. The van der Waals surface area contributed by atoms with Gasteiger partial charge in [0.05, 0.1) is 4.90 Å². The first kappa shape index (κ1) is 13.1. The van der Waals surface area contributed by atoms with Crippen molar-refractivity contribution in [3.63, 3.8) is 0 Å². The van der Waals surface area contributed by atoms with E-state index in [0.29, 0.717) is 5.69 Å². The van der Waals surface area contributed by atoms with Crippen molar-refractivity contribution >= 4 is 21.6 Å². The summed E-state index contributed by atoms with van der Waals surface area (Å²) in [5.41, 5.74) is 0.450. The second-order valence-corrected chi connectivity index (χ2v) is 5.19. The molecule has 10 heteroatoms. The molecule has 1 amide bonds. The Balaban J connectivity index is 2.02. The summed E-state index contributed by atoms with van der Waals surface area (Å²) in [6.45, 7) is -0.0378. The van der Waals surface area contributed by atoms with Crippen LogP contribution >= 0.6 is 0 Å². The minimum atomic E-state index is -3.73. The van der Waals surface area contributed by atoms with Crippen molar-refractivity contribution < 1.29 is 13.2 Å². The molecule has 0 spiro atoms. The minimum Gasteiger partial charge on any atom is -0.324 e. The molecule has 100 valence electrons. The van der Waals surface area contributed by atoms with E-state index >= 15 is 0 Å². The molecule has 0 aliphatic heterocycles. The SMILES string of the molecule is NS(=O)(=O)c1ccc(NC(=O)Cn2cnnn2)cc1. The number of rotatable bonds is 4. The lowest BCUT2D eigenvalue weighted by molar-refractivity contribution is -0.116. The molecule has 2 rings (SSSR count). The van der Waals surface area contributed by atoms with Crippen molar-refractivity contribution in [2.45, 2.75) is 11.4 Å². The lowest BCUT2D eigenvalue weighted by atomic mass is 10.3. The van der Waals surface area contributed by atoms with E-state index in [1.165, 1.54) is 35.3 Å². The Bertz CT molecular complexity index is 664. The van der Waals surface area contributed by atoms with Crippen LogP contribution in [0.4, 0.5) is 5.69 Å². The molecule has 0 unspecified atom stereocenters. The molecule has 0 saturated carbocycles. The van der Waals surface area contributed by atoms with Crippen LogP contribution in [0.1, 0.15) is 0 Å². The monoisotopic (exact) mass is 282 g/mol. The predicted molar refractivity (Wildman–Crippen MR) is 64.3 cm³/mol. The van der Waals surface area contributed by atoms with Crippen LogP contribution in [0.25, 0.3) is 0 Å². The van der Waals surface area contributed by atoms with Crippen molar-refractivity contribution in [2.75, 3.05) is 5.32 Å². The molecule has 3 N–H and O–H groups in total. The summed E-state index contributed by atoms with van der Waals surface area (Å²) < 4.78 is 23.3. The second kappa shape index (κ2) is 5.12. The molecule has 2 aromatic rings. The molecule has 0 atom stereocenters. The maximum Gasteiger partial charge on any atom is 0.246 e. The molecule has 0 aliphatic rings. The van der Waals surface area contributed by atoms with Gasteiger partial charge in [-0.25, -0.2) is 18.2 Å². The average molecular weight is 282 g/mol. The van der Waals surface area contributed by atoms with Gasteiger partial charge in [0.15, 0.2) is 0 Å². The number of nitrogens with two attached hydrogens (primary N) is 1. The molecular weight excluding hydrogens is 272 g/mol. The van der Waals surface area contributed by atoms with Crippen LogP contribution in [0.5, 0.6) is 0 Å². The lowest BCUT2D eigenvalue weighted by Gasteiger charge is -2.05. The third-order valence-corrected chi connectivity index (χ3v) is 3.09.